The van der Waals surface area contributed by atoms with E-state index in [2.05, 4.69) is 19.2 Å². The summed E-state index contributed by atoms with van der Waals surface area (Å²) in [6.07, 6.45) is 2.44. The molecule has 0 fully saturated rings. The smallest absolute Gasteiger partial charge is 0.303 e. The van der Waals surface area contributed by atoms with Gasteiger partial charge >= 0.3 is 5.97 Å². The Bertz CT molecular complexity index is 226. The molecule has 1 atom stereocenters. The highest BCUT2D eigenvalue weighted by molar-refractivity contribution is 5.77. The van der Waals surface area contributed by atoms with Gasteiger partial charge in [-0.3, -0.25) is 9.59 Å². The summed E-state index contributed by atoms with van der Waals surface area (Å²) in [6, 6.07) is 0. The maximum Gasteiger partial charge on any atom is 0.303 e. The van der Waals surface area contributed by atoms with Crippen LogP contribution in [0.1, 0.15) is 46.5 Å². The quantitative estimate of drug-likeness (QED) is 0.626. The molecule has 0 heterocycles. The van der Waals surface area contributed by atoms with Crippen molar-refractivity contribution in [2.75, 3.05) is 6.54 Å². The van der Waals surface area contributed by atoms with Crippen molar-refractivity contribution in [3.8, 4) is 0 Å². The van der Waals surface area contributed by atoms with Crippen molar-refractivity contribution >= 4 is 11.9 Å². The molecule has 0 aliphatic carbocycles. The molecular formula is C12H23NO3. The highest BCUT2D eigenvalue weighted by atomic mass is 16.4. The zero-order valence-corrected chi connectivity index (χ0v) is 10.5. The molecule has 2 N–H and O–H groups in total. The lowest BCUT2D eigenvalue weighted by atomic mass is 10.0. The third kappa shape index (κ3) is 9.49. The van der Waals surface area contributed by atoms with Crippen molar-refractivity contribution in [3.63, 3.8) is 0 Å². The number of carbonyl (C=O) groups is 2. The summed E-state index contributed by atoms with van der Waals surface area (Å²) in [5.41, 5.74) is 0. The average Bonchev–Trinajstić information content (AvgIpc) is 2.10. The molecule has 0 rings (SSSR count). The molecule has 1 unspecified atom stereocenters. The van der Waals surface area contributed by atoms with E-state index in [1.54, 1.807) is 6.92 Å². The van der Waals surface area contributed by atoms with Crippen LogP contribution in [0.15, 0.2) is 0 Å². The molecule has 4 nitrogen and oxygen atoms in total. The van der Waals surface area contributed by atoms with Crippen LogP contribution in [0.2, 0.25) is 0 Å². The molecule has 0 aliphatic heterocycles. The summed E-state index contributed by atoms with van der Waals surface area (Å²) in [7, 11) is 0. The Morgan fingerprint density at radius 3 is 2.31 bits per heavy atom. The van der Waals surface area contributed by atoms with Gasteiger partial charge < -0.3 is 10.4 Å². The number of hydrogen-bond donors (Lipinski definition) is 2. The topological polar surface area (TPSA) is 66.4 Å². The third-order valence-corrected chi connectivity index (χ3v) is 2.34. The first-order valence-corrected chi connectivity index (χ1v) is 5.90. The second-order valence-corrected chi connectivity index (χ2v) is 4.79. The number of nitrogens with one attached hydrogen (secondary N) is 1. The van der Waals surface area contributed by atoms with E-state index in [1.165, 1.54) is 0 Å². The second kappa shape index (κ2) is 8.13. The first kappa shape index (κ1) is 14.9. The van der Waals surface area contributed by atoms with Gasteiger partial charge in [0.05, 0.1) is 0 Å². The molecule has 0 aromatic carbocycles. The second-order valence-electron chi connectivity index (χ2n) is 4.79. The van der Waals surface area contributed by atoms with Gasteiger partial charge in [-0.1, -0.05) is 20.8 Å². The van der Waals surface area contributed by atoms with E-state index in [4.69, 9.17) is 5.11 Å². The third-order valence-electron chi connectivity index (χ3n) is 2.34. The molecule has 0 aromatic rings. The van der Waals surface area contributed by atoms with Crippen molar-refractivity contribution < 1.29 is 14.7 Å². The van der Waals surface area contributed by atoms with Crippen LogP contribution in [0.4, 0.5) is 0 Å². The molecule has 0 aliphatic rings. The summed E-state index contributed by atoms with van der Waals surface area (Å²) in [5.74, 6) is -0.331. The highest BCUT2D eigenvalue weighted by Gasteiger charge is 2.11. The number of hydrogen-bond acceptors (Lipinski definition) is 2. The fourth-order valence-corrected chi connectivity index (χ4v) is 1.50. The number of carbonyl (C=O) groups excluding carboxylic acids is 1. The first-order valence-electron chi connectivity index (χ1n) is 5.90. The lowest BCUT2D eigenvalue weighted by Gasteiger charge is -2.10. The Hall–Kier alpha value is -1.06. The molecule has 94 valence electrons. The van der Waals surface area contributed by atoms with Crippen molar-refractivity contribution in [3.05, 3.63) is 0 Å². The minimum Gasteiger partial charge on any atom is -0.481 e. The number of aliphatic carboxylic acids is 1. The van der Waals surface area contributed by atoms with E-state index < -0.39 is 5.97 Å². The molecule has 0 saturated heterocycles. The maximum atomic E-state index is 11.4. The van der Waals surface area contributed by atoms with Crippen LogP contribution in [0.3, 0.4) is 0 Å². The van der Waals surface area contributed by atoms with Crippen molar-refractivity contribution in [1.29, 1.82) is 0 Å². The Morgan fingerprint density at radius 2 is 1.81 bits per heavy atom. The van der Waals surface area contributed by atoms with Gasteiger partial charge in [-0.15, -0.1) is 0 Å². The van der Waals surface area contributed by atoms with Crippen LogP contribution in [0, 0.1) is 11.8 Å². The average molecular weight is 229 g/mol. The molecule has 0 spiro atoms. The van der Waals surface area contributed by atoms with Crippen LogP contribution in [-0.2, 0) is 9.59 Å². The van der Waals surface area contributed by atoms with Crippen molar-refractivity contribution in [1.82, 2.24) is 5.32 Å². The van der Waals surface area contributed by atoms with Gasteiger partial charge in [-0.05, 0) is 24.7 Å². The molecule has 4 heteroatoms. The molecule has 16 heavy (non-hydrogen) atoms. The maximum absolute atomic E-state index is 11.4. The van der Waals surface area contributed by atoms with E-state index in [9.17, 15) is 9.59 Å². The first-order chi connectivity index (χ1) is 7.41. The van der Waals surface area contributed by atoms with Crippen LogP contribution < -0.4 is 5.32 Å². The lowest BCUT2D eigenvalue weighted by molar-refractivity contribution is -0.138. The predicted molar refractivity (Wildman–Crippen MR) is 63.1 cm³/mol. The summed E-state index contributed by atoms with van der Waals surface area (Å²) < 4.78 is 0. The Morgan fingerprint density at radius 1 is 1.19 bits per heavy atom. The zero-order chi connectivity index (χ0) is 12.6. The summed E-state index contributed by atoms with van der Waals surface area (Å²) in [6.45, 7) is 6.77. The van der Waals surface area contributed by atoms with E-state index in [0.717, 1.165) is 12.8 Å². The lowest BCUT2D eigenvalue weighted by Crippen LogP contribution is -2.26. The van der Waals surface area contributed by atoms with Crippen molar-refractivity contribution in [2.45, 2.75) is 46.5 Å². The molecule has 0 radical (unpaired) electrons. The van der Waals surface area contributed by atoms with Gasteiger partial charge in [0.15, 0.2) is 0 Å². The number of rotatable bonds is 8. The summed E-state index contributed by atoms with van der Waals surface area (Å²) in [5, 5.41) is 11.4. The Kier molecular flexibility index (Phi) is 7.60. The largest absolute Gasteiger partial charge is 0.481 e. The summed E-state index contributed by atoms with van der Waals surface area (Å²) >= 11 is 0. The minimum atomic E-state index is -0.847. The van der Waals surface area contributed by atoms with Gasteiger partial charge in [0.2, 0.25) is 5.91 Å². The van der Waals surface area contributed by atoms with Gasteiger partial charge in [-0.25, -0.2) is 0 Å². The van der Waals surface area contributed by atoms with Gasteiger partial charge in [0, 0.05) is 19.4 Å². The Labute approximate surface area is 97.4 Å². The normalized spacial score (nSPS) is 12.5. The zero-order valence-electron chi connectivity index (χ0n) is 10.5. The molecule has 0 saturated carbocycles. The molecule has 0 bridgehead atoms. The van der Waals surface area contributed by atoms with E-state index in [0.29, 0.717) is 18.9 Å². The number of carboxylic acid groups (broad SMARTS) is 1. The molecule has 1 amide bonds. The highest BCUT2D eigenvalue weighted by Crippen LogP contribution is 2.07. The monoisotopic (exact) mass is 229 g/mol. The number of amides is 1. The minimum absolute atomic E-state index is 0.0440. The van der Waals surface area contributed by atoms with E-state index in [-0.39, 0.29) is 18.2 Å². The Balaban J connectivity index is 3.54. The standard InChI is InChI=1S/C12H23NO3/c1-9(2)5-4-6-13-11(14)7-10(3)8-12(15)16/h9-10H,4-8H2,1-3H3,(H,13,14)(H,15,16). The SMILES string of the molecule is CC(C)CCCNC(=O)CC(C)CC(=O)O. The fourth-order valence-electron chi connectivity index (χ4n) is 1.50. The van der Waals surface area contributed by atoms with E-state index >= 15 is 0 Å². The van der Waals surface area contributed by atoms with Crippen LogP contribution in [0.25, 0.3) is 0 Å². The summed E-state index contributed by atoms with van der Waals surface area (Å²) in [4.78, 5) is 21.8. The van der Waals surface area contributed by atoms with Crippen LogP contribution in [0.5, 0.6) is 0 Å². The van der Waals surface area contributed by atoms with Gasteiger partial charge in [0.1, 0.15) is 0 Å². The predicted octanol–water partition coefficient (Wildman–Crippen LogP) is 2.04. The van der Waals surface area contributed by atoms with Crippen LogP contribution >= 0.6 is 0 Å². The fraction of sp³-hybridized carbons (Fsp3) is 0.833. The molecule has 0 aromatic heterocycles. The van der Waals surface area contributed by atoms with E-state index in [1.807, 2.05) is 0 Å². The van der Waals surface area contributed by atoms with Crippen molar-refractivity contribution in [2.24, 2.45) is 11.8 Å². The van der Waals surface area contributed by atoms with Crippen LogP contribution in [-0.4, -0.2) is 23.5 Å². The molecular weight excluding hydrogens is 206 g/mol. The van der Waals surface area contributed by atoms with Gasteiger partial charge in [0.25, 0.3) is 0 Å². The number of carboxylic acids is 1. The van der Waals surface area contributed by atoms with Gasteiger partial charge in [-0.2, -0.15) is 0 Å².